The SMILES string of the molecule is CCOc1cccc(C(=O)NC[C@@H](c2ccc(OC)cc2)N2CCCC2)c1. The molecule has 1 aliphatic rings. The van der Waals surface area contributed by atoms with Gasteiger partial charge in [-0.1, -0.05) is 18.2 Å². The van der Waals surface area contributed by atoms with Crippen LogP contribution in [0.2, 0.25) is 0 Å². The maximum absolute atomic E-state index is 12.6. The van der Waals surface area contributed by atoms with Crippen molar-refractivity contribution in [1.82, 2.24) is 10.2 Å². The standard InChI is InChI=1S/C22H28N2O3/c1-3-27-20-8-6-7-18(15-20)22(25)23-16-21(24-13-4-5-14-24)17-9-11-19(26-2)12-10-17/h6-12,15,21H,3-5,13-14,16H2,1-2H3,(H,23,25)/t21-/m0/s1. The summed E-state index contributed by atoms with van der Waals surface area (Å²) in [5.41, 5.74) is 1.82. The van der Waals surface area contributed by atoms with Gasteiger partial charge in [0.05, 0.1) is 19.8 Å². The normalized spacial score (nSPS) is 15.3. The smallest absolute Gasteiger partial charge is 0.251 e. The monoisotopic (exact) mass is 368 g/mol. The summed E-state index contributed by atoms with van der Waals surface area (Å²) < 4.78 is 10.8. The Morgan fingerprint density at radius 1 is 1.11 bits per heavy atom. The van der Waals surface area contributed by atoms with Crippen LogP contribution in [0.4, 0.5) is 0 Å². The Bertz CT molecular complexity index is 739. The number of carbonyl (C=O) groups is 1. The third-order valence-corrected chi connectivity index (χ3v) is 4.95. The number of nitrogens with one attached hydrogen (secondary N) is 1. The van der Waals surface area contributed by atoms with Crippen LogP contribution in [-0.4, -0.2) is 44.2 Å². The Morgan fingerprint density at radius 3 is 2.52 bits per heavy atom. The minimum Gasteiger partial charge on any atom is -0.497 e. The van der Waals surface area contributed by atoms with Gasteiger partial charge < -0.3 is 14.8 Å². The molecule has 0 radical (unpaired) electrons. The summed E-state index contributed by atoms with van der Waals surface area (Å²) in [6, 6.07) is 15.6. The van der Waals surface area contributed by atoms with Crippen LogP contribution in [0.15, 0.2) is 48.5 Å². The first kappa shape index (κ1) is 19.2. The Kier molecular flexibility index (Phi) is 6.71. The van der Waals surface area contributed by atoms with E-state index in [2.05, 4.69) is 22.3 Å². The molecular weight excluding hydrogens is 340 g/mol. The van der Waals surface area contributed by atoms with Gasteiger partial charge in [-0.15, -0.1) is 0 Å². The molecule has 1 atom stereocenters. The van der Waals surface area contributed by atoms with Crippen LogP contribution in [0, 0.1) is 0 Å². The molecule has 5 nitrogen and oxygen atoms in total. The molecule has 2 aromatic rings. The number of hydrogen-bond acceptors (Lipinski definition) is 4. The van der Waals surface area contributed by atoms with Gasteiger partial charge in [-0.3, -0.25) is 9.69 Å². The van der Waals surface area contributed by atoms with Crippen LogP contribution >= 0.6 is 0 Å². The van der Waals surface area contributed by atoms with E-state index in [9.17, 15) is 4.79 Å². The Hall–Kier alpha value is -2.53. The van der Waals surface area contributed by atoms with Crippen molar-refractivity contribution in [3.05, 3.63) is 59.7 Å². The van der Waals surface area contributed by atoms with Crippen LogP contribution in [0.5, 0.6) is 11.5 Å². The zero-order valence-electron chi connectivity index (χ0n) is 16.1. The molecule has 1 heterocycles. The van der Waals surface area contributed by atoms with E-state index in [1.807, 2.05) is 37.3 Å². The third kappa shape index (κ3) is 5.01. The van der Waals surface area contributed by atoms with E-state index < -0.39 is 0 Å². The molecule has 1 fully saturated rings. The quantitative estimate of drug-likeness (QED) is 0.773. The lowest BCUT2D eigenvalue weighted by Gasteiger charge is -2.28. The van der Waals surface area contributed by atoms with Crippen LogP contribution in [0.1, 0.15) is 41.7 Å². The van der Waals surface area contributed by atoms with Crippen molar-refractivity contribution in [1.29, 1.82) is 0 Å². The van der Waals surface area contributed by atoms with Gasteiger partial charge in [0.15, 0.2) is 0 Å². The lowest BCUT2D eigenvalue weighted by atomic mass is 10.0. The summed E-state index contributed by atoms with van der Waals surface area (Å²) in [6.45, 7) is 5.21. The molecule has 0 saturated carbocycles. The van der Waals surface area contributed by atoms with Gasteiger partial charge in [0.2, 0.25) is 0 Å². The van der Waals surface area contributed by atoms with Crippen LogP contribution < -0.4 is 14.8 Å². The second-order valence-corrected chi connectivity index (χ2v) is 6.70. The fraction of sp³-hybridized carbons (Fsp3) is 0.409. The summed E-state index contributed by atoms with van der Waals surface area (Å²) in [5.74, 6) is 1.49. The minimum atomic E-state index is -0.0748. The number of nitrogens with zero attached hydrogens (tertiary/aromatic N) is 1. The van der Waals surface area contributed by atoms with Crippen molar-refractivity contribution in [2.75, 3.05) is 33.4 Å². The maximum atomic E-state index is 12.6. The Labute approximate surface area is 161 Å². The van der Waals surface area contributed by atoms with Gasteiger partial charge in [0.25, 0.3) is 5.91 Å². The molecule has 1 amide bonds. The topological polar surface area (TPSA) is 50.8 Å². The number of likely N-dealkylation sites (tertiary alicyclic amines) is 1. The molecule has 0 spiro atoms. The molecule has 1 N–H and O–H groups in total. The first-order chi connectivity index (χ1) is 13.2. The summed E-state index contributed by atoms with van der Waals surface area (Å²) in [6.07, 6.45) is 2.41. The van der Waals surface area contributed by atoms with E-state index in [1.165, 1.54) is 18.4 Å². The first-order valence-corrected chi connectivity index (χ1v) is 9.60. The second kappa shape index (κ2) is 9.42. The van der Waals surface area contributed by atoms with Crippen LogP contribution in [0.3, 0.4) is 0 Å². The molecule has 0 bridgehead atoms. The van der Waals surface area contributed by atoms with Gasteiger partial charge in [-0.05, 0) is 68.8 Å². The molecule has 2 aromatic carbocycles. The van der Waals surface area contributed by atoms with E-state index in [4.69, 9.17) is 9.47 Å². The summed E-state index contributed by atoms with van der Waals surface area (Å²) in [4.78, 5) is 15.1. The van der Waals surface area contributed by atoms with Gasteiger partial charge in [-0.2, -0.15) is 0 Å². The zero-order chi connectivity index (χ0) is 19.1. The molecule has 0 unspecified atom stereocenters. The van der Waals surface area contributed by atoms with E-state index in [1.54, 1.807) is 13.2 Å². The average Bonchev–Trinajstić information content (AvgIpc) is 3.23. The first-order valence-electron chi connectivity index (χ1n) is 9.60. The largest absolute Gasteiger partial charge is 0.497 e. The number of hydrogen-bond donors (Lipinski definition) is 1. The van der Waals surface area contributed by atoms with Crippen molar-refractivity contribution < 1.29 is 14.3 Å². The molecule has 0 aromatic heterocycles. The minimum absolute atomic E-state index is 0.0748. The average molecular weight is 368 g/mol. The fourth-order valence-corrected chi connectivity index (χ4v) is 3.52. The molecular formula is C22H28N2O3. The van der Waals surface area contributed by atoms with Crippen LogP contribution in [0.25, 0.3) is 0 Å². The number of ether oxygens (including phenoxy) is 2. The Morgan fingerprint density at radius 2 is 1.85 bits per heavy atom. The van der Waals surface area contributed by atoms with Gasteiger partial charge in [0, 0.05) is 12.1 Å². The fourth-order valence-electron chi connectivity index (χ4n) is 3.52. The molecule has 0 aliphatic carbocycles. The number of carbonyl (C=O) groups excluding carboxylic acids is 1. The highest BCUT2D eigenvalue weighted by Crippen LogP contribution is 2.26. The van der Waals surface area contributed by atoms with Gasteiger partial charge in [0.1, 0.15) is 11.5 Å². The van der Waals surface area contributed by atoms with Crippen LogP contribution in [-0.2, 0) is 0 Å². The summed E-state index contributed by atoms with van der Waals surface area (Å²) in [7, 11) is 1.67. The predicted molar refractivity (Wildman–Crippen MR) is 106 cm³/mol. The van der Waals surface area contributed by atoms with Gasteiger partial charge in [-0.25, -0.2) is 0 Å². The Balaban J connectivity index is 1.70. The van der Waals surface area contributed by atoms with E-state index >= 15 is 0 Å². The highest BCUT2D eigenvalue weighted by atomic mass is 16.5. The molecule has 1 saturated heterocycles. The number of benzene rings is 2. The lowest BCUT2D eigenvalue weighted by Crippen LogP contribution is -2.36. The van der Waals surface area contributed by atoms with Crippen molar-refractivity contribution in [2.45, 2.75) is 25.8 Å². The third-order valence-electron chi connectivity index (χ3n) is 4.95. The van der Waals surface area contributed by atoms with Gasteiger partial charge >= 0.3 is 0 Å². The molecule has 1 aliphatic heterocycles. The summed E-state index contributed by atoms with van der Waals surface area (Å²) in [5, 5.41) is 3.10. The molecule has 27 heavy (non-hydrogen) atoms. The highest BCUT2D eigenvalue weighted by Gasteiger charge is 2.24. The van der Waals surface area contributed by atoms with E-state index in [0.29, 0.717) is 18.7 Å². The van der Waals surface area contributed by atoms with Crippen molar-refractivity contribution in [3.8, 4) is 11.5 Å². The molecule has 3 rings (SSSR count). The van der Waals surface area contributed by atoms with Crippen molar-refractivity contribution >= 4 is 5.91 Å². The van der Waals surface area contributed by atoms with E-state index in [0.717, 1.165) is 24.6 Å². The maximum Gasteiger partial charge on any atom is 0.251 e. The molecule has 144 valence electrons. The zero-order valence-corrected chi connectivity index (χ0v) is 16.1. The predicted octanol–water partition coefficient (Wildman–Crippen LogP) is 3.66. The van der Waals surface area contributed by atoms with Crippen molar-refractivity contribution in [3.63, 3.8) is 0 Å². The number of methoxy groups -OCH3 is 1. The number of rotatable bonds is 8. The summed E-state index contributed by atoms with van der Waals surface area (Å²) >= 11 is 0. The molecule has 5 heteroatoms. The lowest BCUT2D eigenvalue weighted by molar-refractivity contribution is 0.0937. The highest BCUT2D eigenvalue weighted by molar-refractivity contribution is 5.94. The van der Waals surface area contributed by atoms with Crippen molar-refractivity contribution in [2.24, 2.45) is 0 Å². The second-order valence-electron chi connectivity index (χ2n) is 6.70. The van der Waals surface area contributed by atoms with E-state index in [-0.39, 0.29) is 11.9 Å². The number of amides is 1.